The Kier molecular flexibility index (Phi) is 5.78. The van der Waals surface area contributed by atoms with Crippen molar-refractivity contribution in [2.75, 3.05) is 0 Å². The minimum atomic E-state index is -0.948. The summed E-state index contributed by atoms with van der Waals surface area (Å²) in [6.45, 7) is 7.16. The molecule has 3 rings (SSSR count). The van der Waals surface area contributed by atoms with E-state index >= 15 is 0 Å². The summed E-state index contributed by atoms with van der Waals surface area (Å²) >= 11 is 0. The van der Waals surface area contributed by atoms with Gasteiger partial charge in [-0.05, 0) is 28.7 Å². The molecule has 6 nitrogen and oxygen atoms in total. The molecule has 2 aromatic carbocycles. The fourth-order valence-electron chi connectivity index (χ4n) is 3.26. The standard InChI is InChI=1S/C22H25N3O3/c1-4-20-23-25(13-15(2)3)22(28)24(20)14-16-9-11-17(12-10-16)18-7-5-6-8-19(18)21(26)27/h5-12,15H,4,13-14H2,1-3H3,(H,26,27). The van der Waals surface area contributed by atoms with E-state index in [0.717, 1.165) is 17.0 Å². The monoisotopic (exact) mass is 379 g/mol. The molecule has 0 aliphatic heterocycles. The van der Waals surface area contributed by atoms with Gasteiger partial charge in [0, 0.05) is 13.0 Å². The Labute approximate surface area is 164 Å². The van der Waals surface area contributed by atoms with Gasteiger partial charge in [0.2, 0.25) is 0 Å². The van der Waals surface area contributed by atoms with Crippen LogP contribution in [0.1, 0.15) is 42.5 Å². The number of aromatic carboxylic acids is 1. The van der Waals surface area contributed by atoms with Crippen molar-refractivity contribution in [3.05, 3.63) is 76.0 Å². The van der Waals surface area contributed by atoms with E-state index in [-0.39, 0.29) is 11.3 Å². The summed E-state index contributed by atoms with van der Waals surface area (Å²) in [5.74, 6) is 0.168. The van der Waals surface area contributed by atoms with E-state index in [0.29, 0.717) is 31.0 Å². The Balaban J connectivity index is 1.89. The molecule has 0 aliphatic rings. The number of hydrogen-bond donors (Lipinski definition) is 1. The van der Waals surface area contributed by atoms with E-state index in [2.05, 4.69) is 18.9 Å². The van der Waals surface area contributed by atoms with Crippen LogP contribution in [0.4, 0.5) is 0 Å². The van der Waals surface area contributed by atoms with Crippen LogP contribution in [0.25, 0.3) is 11.1 Å². The van der Waals surface area contributed by atoms with Gasteiger partial charge in [0.1, 0.15) is 5.82 Å². The summed E-state index contributed by atoms with van der Waals surface area (Å²) in [5, 5.41) is 13.8. The largest absolute Gasteiger partial charge is 0.478 e. The molecule has 0 spiro atoms. The van der Waals surface area contributed by atoms with E-state index < -0.39 is 5.97 Å². The van der Waals surface area contributed by atoms with Crippen molar-refractivity contribution in [3.8, 4) is 11.1 Å². The highest BCUT2D eigenvalue weighted by Crippen LogP contribution is 2.24. The highest BCUT2D eigenvalue weighted by atomic mass is 16.4. The van der Waals surface area contributed by atoms with Gasteiger partial charge in [-0.2, -0.15) is 5.10 Å². The van der Waals surface area contributed by atoms with Crippen LogP contribution < -0.4 is 5.69 Å². The highest BCUT2D eigenvalue weighted by Gasteiger charge is 2.14. The molecule has 1 N–H and O–H groups in total. The van der Waals surface area contributed by atoms with E-state index in [9.17, 15) is 14.7 Å². The second-order valence-corrected chi connectivity index (χ2v) is 7.26. The molecule has 28 heavy (non-hydrogen) atoms. The number of aromatic nitrogens is 3. The first kappa shape index (κ1) is 19.6. The van der Waals surface area contributed by atoms with Crippen LogP contribution >= 0.6 is 0 Å². The summed E-state index contributed by atoms with van der Waals surface area (Å²) in [5.41, 5.74) is 2.66. The third kappa shape index (κ3) is 4.06. The number of carboxylic acids is 1. The number of benzene rings is 2. The molecule has 0 unspecified atom stereocenters. The van der Waals surface area contributed by atoms with Gasteiger partial charge in [-0.3, -0.25) is 4.57 Å². The fraction of sp³-hybridized carbons (Fsp3) is 0.318. The molecule has 0 bridgehead atoms. The van der Waals surface area contributed by atoms with E-state index in [1.165, 1.54) is 0 Å². The third-order valence-corrected chi connectivity index (χ3v) is 4.62. The van der Waals surface area contributed by atoms with Gasteiger partial charge in [0.25, 0.3) is 0 Å². The Morgan fingerprint density at radius 2 is 1.79 bits per heavy atom. The van der Waals surface area contributed by atoms with Gasteiger partial charge in [0.15, 0.2) is 0 Å². The predicted octanol–water partition coefficient (Wildman–Crippen LogP) is 3.68. The molecule has 0 saturated heterocycles. The molecule has 1 aromatic heterocycles. The van der Waals surface area contributed by atoms with Gasteiger partial charge in [-0.15, -0.1) is 0 Å². The lowest BCUT2D eigenvalue weighted by molar-refractivity contribution is 0.0697. The smallest absolute Gasteiger partial charge is 0.346 e. The number of aryl methyl sites for hydroxylation is 1. The van der Waals surface area contributed by atoms with Gasteiger partial charge < -0.3 is 5.11 Å². The highest BCUT2D eigenvalue weighted by molar-refractivity contribution is 5.95. The van der Waals surface area contributed by atoms with Crippen molar-refractivity contribution in [1.82, 2.24) is 14.3 Å². The predicted molar refractivity (Wildman–Crippen MR) is 109 cm³/mol. The number of carboxylic acid groups (broad SMARTS) is 1. The zero-order valence-electron chi connectivity index (χ0n) is 16.4. The molecule has 0 aliphatic carbocycles. The molecule has 1 heterocycles. The summed E-state index contributed by atoms with van der Waals surface area (Å²) in [4.78, 5) is 24.1. The number of hydrogen-bond acceptors (Lipinski definition) is 3. The van der Waals surface area contributed by atoms with Crippen molar-refractivity contribution in [3.63, 3.8) is 0 Å². The van der Waals surface area contributed by atoms with Crippen LogP contribution in [-0.2, 0) is 19.5 Å². The van der Waals surface area contributed by atoms with Crippen molar-refractivity contribution < 1.29 is 9.90 Å². The van der Waals surface area contributed by atoms with Crippen LogP contribution in [0.2, 0.25) is 0 Å². The minimum absolute atomic E-state index is 0.0918. The summed E-state index contributed by atoms with van der Waals surface area (Å²) in [6.07, 6.45) is 0.685. The van der Waals surface area contributed by atoms with Crippen LogP contribution in [0, 0.1) is 5.92 Å². The number of nitrogens with zero attached hydrogens (tertiary/aromatic N) is 3. The lowest BCUT2D eigenvalue weighted by Crippen LogP contribution is -2.27. The summed E-state index contributed by atoms with van der Waals surface area (Å²) in [6, 6.07) is 14.6. The lowest BCUT2D eigenvalue weighted by Gasteiger charge is -2.08. The molecule has 0 amide bonds. The first-order valence-corrected chi connectivity index (χ1v) is 9.48. The first-order chi connectivity index (χ1) is 13.4. The molecular formula is C22H25N3O3. The zero-order chi connectivity index (χ0) is 20.3. The van der Waals surface area contributed by atoms with Crippen molar-refractivity contribution in [1.29, 1.82) is 0 Å². The average Bonchev–Trinajstić information content (AvgIpc) is 2.97. The van der Waals surface area contributed by atoms with E-state index in [1.807, 2.05) is 37.3 Å². The van der Waals surface area contributed by atoms with Crippen molar-refractivity contribution in [2.24, 2.45) is 5.92 Å². The average molecular weight is 379 g/mol. The van der Waals surface area contributed by atoms with Crippen LogP contribution in [0.15, 0.2) is 53.3 Å². The maximum absolute atomic E-state index is 12.7. The normalized spacial score (nSPS) is 11.1. The summed E-state index contributed by atoms with van der Waals surface area (Å²) < 4.78 is 3.25. The van der Waals surface area contributed by atoms with Crippen molar-refractivity contribution >= 4 is 5.97 Å². The zero-order valence-corrected chi connectivity index (χ0v) is 16.4. The molecule has 146 valence electrons. The minimum Gasteiger partial charge on any atom is -0.478 e. The van der Waals surface area contributed by atoms with Crippen LogP contribution in [0.5, 0.6) is 0 Å². The fourth-order valence-corrected chi connectivity index (χ4v) is 3.26. The molecule has 3 aromatic rings. The molecule has 0 atom stereocenters. The quantitative estimate of drug-likeness (QED) is 0.679. The second-order valence-electron chi connectivity index (χ2n) is 7.26. The van der Waals surface area contributed by atoms with Crippen molar-refractivity contribution in [2.45, 2.75) is 40.3 Å². The van der Waals surface area contributed by atoms with Gasteiger partial charge in [-0.1, -0.05) is 63.2 Å². The molecule has 0 saturated carbocycles. The maximum Gasteiger partial charge on any atom is 0.346 e. The van der Waals surface area contributed by atoms with Gasteiger partial charge >= 0.3 is 11.7 Å². The SMILES string of the molecule is CCc1nn(CC(C)C)c(=O)n1Cc1ccc(-c2ccccc2C(=O)O)cc1. The Morgan fingerprint density at radius 1 is 1.11 bits per heavy atom. The maximum atomic E-state index is 12.7. The Hall–Kier alpha value is -3.15. The van der Waals surface area contributed by atoms with E-state index in [4.69, 9.17) is 0 Å². The van der Waals surface area contributed by atoms with E-state index in [1.54, 1.807) is 27.4 Å². The number of rotatable bonds is 7. The topological polar surface area (TPSA) is 77.1 Å². The van der Waals surface area contributed by atoms with Gasteiger partial charge in [0.05, 0.1) is 12.1 Å². The van der Waals surface area contributed by atoms with Crippen LogP contribution in [-0.4, -0.2) is 25.4 Å². The Bertz CT molecular complexity index is 1030. The first-order valence-electron chi connectivity index (χ1n) is 9.48. The third-order valence-electron chi connectivity index (χ3n) is 4.62. The molecule has 6 heteroatoms. The Morgan fingerprint density at radius 3 is 2.39 bits per heavy atom. The number of carbonyl (C=O) groups is 1. The lowest BCUT2D eigenvalue weighted by atomic mass is 9.99. The molecule has 0 fully saturated rings. The molecule has 0 radical (unpaired) electrons. The van der Waals surface area contributed by atoms with Gasteiger partial charge in [-0.25, -0.2) is 14.3 Å². The second kappa shape index (κ2) is 8.25. The molecular weight excluding hydrogens is 354 g/mol. The summed E-state index contributed by atoms with van der Waals surface area (Å²) in [7, 11) is 0. The van der Waals surface area contributed by atoms with Crippen LogP contribution in [0.3, 0.4) is 0 Å².